The average molecular weight is 230 g/mol. The van der Waals surface area contributed by atoms with Crippen molar-refractivity contribution in [1.29, 1.82) is 0 Å². The fourth-order valence-corrected chi connectivity index (χ4v) is 2.33. The second-order valence-electron chi connectivity index (χ2n) is 4.12. The molecule has 0 aliphatic carbocycles. The Balaban J connectivity index is 1.95. The lowest BCUT2D eigenvalue weighted by molar-refractivity contribution is 0.283. The zero-order valence-corrected chi connectivity index (χ0v) is 9.30. The highest BCUT2D eigenvalue weighted by atomic mass is 16.5. The van der Waals surface area contributed by atoms with Crippen LogP contribution in [-0.4, -0.2) is 6.61 Å². The van der Waals surface area contributed by atoms with E-state index < -0.39 is 0 Å². The van der Waals surface area contributed by atoms with Gasteiger partial charge in [0.2, 0.25) is 0 Å². The van der Waals surface area contributed by atoms with Gasteiger partial charge in [0, 0.05) is 11.5 Å². The Morgan fingerprint density at radius 3 is 2.88 bits per heavy atom. The summed E-state index contributed by atoms with van der Waals surface area (Å²) < 4.78 is 11.1. The van der Waals surface area contributed by atoms with Crippen molar-refractivity contribution in [3.05, 3.63) is 54.0 Å². The summed E-state index contributed by atoms with van der Waals surface area (Å²) in [4.78, 5) is 0. The van der Waals surface area contributed by atoms with Crippen LogP contribution in [0, 0.1) is 0 Å². The Kier molecular flexibility index (Phi) is 2.59. The molecule has 3 rings (SSSR count). The molecule has 4 heteroatoms. The molecule has 0 saturated heterocycles. The monoisotopic (exact) mass is 230 g/mol. The van der Waals surface area contributed by atoms with Gasteiger partial charge in [-0.25, -0.2) is 5.43 Å². The number of rotatable bonds is 3. The van der Waals surface area contributed by atoms with Crippen LogP contribution in [0.4, 0.5) is 0 Å². The first-order valence-corrected chi connectivity index (χ1v) is 5.61. The molecule has 2 unspecified atom stereocenters. The maximum Gasteiger partial charge on any atom is 0.122 e. The molecule has 0 spiro atoms. The predicted molar refractivity (Wildman–Crippen MR) is 63.5 cm³/mol. The topological polar surface area (TPSA) is 60.4 Å². The fraction of sp³-hybridized carbons (Fsp3) is 0.231. The molecule has 1 aromatic carbocycles. The van der Waals surface area contributed by atoms with Gasteiger partial charge in [-0.15, -0.1) is 0 Å². The van der Waals surface area contributed by atoms with Crippen molar-refractivity contribution in [1.82, 2.24) is 5.43 Å². The Morgan fingerprint density at radius 1 is 1.24 bits per heavy atom. The lowest BCUT2D eigenvalue weighted by Gasteiger charge is -2.19. The quantitative estimate of drug-likeness (QED) is 0.625. The molecule has 2 atom stereocenters. The summed E-state index contributed by atoms with van der Waals surface area (Å²) in [5.74, 6) is 7.58. The smallest absolute Gasteiger partial charge is 0.122 e. The number of hydrogen-bond donors (Lipinski definition) is 2. The van der Waals surface area contributed by atoms with Crippen LogP contribution in [0.3, 0.4) is 0 Å². The SMILES string of the molecule is NNC(c1ccco1)C1COc2ccccc21. The molecule has 4 nitrogen and oxygen atoms in total. The highest BCUT2D eigenvalue weighted by Gasteiger charge is 2.32. The third-order valence-corrected chi connectivity index (χ3v) is 3.17. The van der Waals surface area contributed by atoms with Crippen molar-refractivity contribution in [3.63, 3.8) is 0 Å². The fourth-order valence-electron chi connectivity index (χ4n) is 2.33. The second-order valence-corrected chi connectivity index (χ2v) is 4.12. The molecule has 0 saturated carbocycles. The number of fused-ring (bicyclic) bond motifs is 1. The summed E-state index contributed by atoms with van der Waals surface area (Å²) in [5.41, 5.74) is 3.99. The van der Waals surface area contributed by atoms with E-state index in [9.17, 15) is 0 Å². The molecule has 3 N–H and O–H groups in total. The Labute approximate surface area is 99.3 Å². The van der Waals surface area contributed by atoms with Gasteiger partial charge in [0.1, 0.15) is 11.5 Å². The summed E-state index contributed by atoms with van der Waals surface area (Å²) in [6.45, 7) is 0.620. The van der Waals surface area contributed by atoms with Gasteiger partial charge in [-0.1, -0.05) is 18.2 Å². The number of para-hydroxylation sites is 1. The van der Waals surface area contributed by atoms with Gasteiger partial charge in [0.25, 0.3) is 0 Å². The molecular formula is C13H14N2O2. The van der Waals surface area contributed by atoms with Crippen molar-refractivity contribution >= 4 is 0 Å². The molecule has 2 heterocycles. The average Bonchev–Trinajstić information content (AvgIpc) is 3.01. The Morgan fingerprint density at radius 2 is 2.12 bits per heavy atom. The number of hydrogen-bond acceptors (Lipinski definition) is 4. The molecule has 0 radical (unpaired) electrons. The van der Waals surface area contributed by atoms with E-state index >= 15 is 0 Å². The number of hydrazine groups is 1. The molecule has 1 aromatic heterocycles. The van der Waals surface area contributed by atoms with Crippen LogP contribution in [0.25, 0.3) is 0 Å². The van der Waals surface area contributed by atoms with E-state index in [4.69, 9.17) is 15.0 Å². The van der Waals surface area contributed by atoms with Gasteiger partial charge < -0.3 is 9.15 Å². The molecule has 88 valence electrons. The minimum Gasteiger partial charge on any atom is -0.493 e. The van der Waals surface area contributed by atoms with Crippen LogP contribution >= 0.6 is 0 Å². The van der Waals surface area contributed by atoms with Gasteiger partial charge in [-0.3, -0.25) is 5.84 Å². The van der Waals surface area contributed by atoms with Crippen molar-refractivity contribution in [2.75, 3.05) is 6.61 Å². The number of ether oxygens (including phenoxy) is 1. The van der Waals surface area contributed by atoms with E-state index in [1.807, 2.05) is 30.3 Å². The van der Waals surface area contributed by atoms with Crippen LogP contribution in [-0.2, 0) is 0 Å². The van der Waals surface area contributed by atoms with Crippen molar-refractivity contribution in [2.24, 2.45) is 5.84 Å². The maximum absolute atomic E-state index is 5.65. The van der Waals surface area contributed by atoms with Gasteiger partial charge >= 0.3 is 0 Å². The number of benzene rings is 1. The lowest BCUT2D eigenvalue weighted by Crippen LogP contribution is -2.33. The zero-order valence-electron chi connectivity index (χ0n) is 9.30. The predicted octanol–water partition coefficient (Wildman–Crippen LogP) is 1.96. The standard InChI is InChI=1S/C13H14N2O2/c14-15-13(12-6-3-7-16-12)10-8-17-11-5-2-1-4-9(10)11/h1-7,10,13,15H,8,14H2. The molecule has 2 aromatic rings. The van der Waals surface area contributed by atoms with Crippen LogP contribution < -0.4 is 16.0 Å². The van der Waals surface area contributed by atoms with Gasteiger partial charge in [-0.2, -0.15) is 0 Å². The Bertz CT molecular complexity index is 496. The number of nitrogens with two attached hydrogens (primary N) is 1. The van der Waals surface area contributed by atoms with Crippen LogP contribution in [0.15, 0.2) is 47.1 Å². The third kappa shape index (κ3) is 1.71. The molecular weight excluding hydrogens is 216 g/mol. The highest BCUT2D eigenvalue weighted by Crippen LogP contribution is 2.40. The molecule has 0 fully saturated rings. The Hall–Kier alpha value is -1.78. The second kappa shape index (κ2) is 4.24. The first-order valence-electron chi connectivity index (χ1n) is 5.61. The van der Waals surface area contributed by atoms with Gasteiger partial charge in [-0.05, 0) is 18.2 Å². The van der Waals surface area contributed by atoms with Crippen LogP contribution in [0.2, 0.25) is 0 Å². The molecule has 1 aliphatic heterocycles. The third-order valence-electron chi connectivity index (χ3n) is 3.17. The molecule has 0 bridgehead atoms. The lowest BCUT2D eigenvalue weighted by atomic mass is 9.92. The van der Waals surface area contributed by atoms with Gasteiger partial charge in [0.05, 0.1) is 18.9 Å². The summed E-state index contributed by atoms with van der Waals surface area (Å²) in [6, 6.07) is 11.8. The summed E-state index contributed by atoms with van der Waals surface area (Å²) in [7, 11) is 0. The van der Waals surface area contributed by atoms with Gasteiger partial charge in [0.15, 0.2) is 0 Å². The minimum absolute atomic E-state index is 0.0614. The minimum atomic E-state index is -0.0614. The largest absolute Gasteiger partial charge is 0.493 e. The van der Waals surface area contributed by atoms with E-state index in [0.29, 0.717) is 6.61 Å². The van der Waals surface area contributed by atoms with E-state index in [0.717, 1.165) is 11.5 Å². The summed E-state index contributed by atoms with van der Waals surface area (Å²) in [5, 5.41) is 0. The first-order chi connectivity index (χ1) is 8.40. The van der Waals surface area contributed by atoms with Crippen molar-refractivity contribution in [2.45, 2.75) is 12.0 Å². The first kappa shape index (κ1) is 10.4. The van der Waals surface area contributed by atoms with Crippen LogP contribution in [0.1, 0.15) is 23.3 Å². The number of furan rings is 1. The van der Waals surface area contributed by atoms with E-state index in [-0.39, 0.29) is 12.0 Å². The maximum atomic E-state index is 5.65. The van der Waals surface area contributed by atoms with Crippen molar-refractivity contribution in [3.8, 4) is 5.75 Å². The van der Waals surface area contributed by atoms with E-state index in [2.05, 4.69) is 11.5 Å². The van der Waals surface area contributed by atoms with Crippen molar-refractivity contribution < 1.29 is 9.15 Å². The molecule has 1 aliphatic rings. The highest BCUT2D eigenvalue weighted by molar-refractivity contribution is 5.41. The molecule has 17 heavy (non-hydrogen) atoms. The zero-order chi connectivity index (χ0) is 11.7. The normalized spacial score (nSPS) is 19.7. The summed E-state index contributed by atoms with van der Waals surface area (Å²) >= 11 is 0. The number of nitrogens with one attached hydrogen (secondary N) is 1. The van der Waals surface area contributed by atoms with Crippen LogP contribution in [0.5, 0.6) is 5.75 Å². The summed E-state index contributed by atoms with van der Waals surface area (Å²) in [6.07, 6.45) is 1.65. The van der Waals surface area contributed by atoms with E-state index in [1.54, 1.807) is 6.26 Å². The molecule has 0 amide bonds. The van der Waals surface area contributed by atoms with E-state index in [1.165, 1.54) is 5.56 Å².